The van der Waals surface area contributed by atoms with Gasteiger partial charge in [0, 0.05) is 31.9 Å². The highest BCUT2D eigenvalue weighted by Crippen LogP contribution is 2.24. The van der Waals surface area contributed by atoms with Crippen molar-refractivity contribution < 1.29 is 14.1 Å². The van der Waals surface area contributed by atoms with Crippen molar-refractivity contribution in [3.8, 4) is 11.4 Å². The normalized spacial score (nSPS) is 14.5. The zero-order valence-corrected chi connectivity index (χ0v) is 16.3. The number of nitrogens with one attached hydrogen (secondary N) is 1. The lowest BCUT2D eigenvalue weighted by Gasteiger charge is -2.24. The van der Waals surface area contributed by atoms with E-state index in [1.807, 2.05) is 41.3 Å². The Labute approximate surface area is 168 Å². The van der Waals surface area contributed by atoms with Crippen molar-refractivity contribution in [1.82, 2.24) is 30.1 Å². The van der Waals surface area contributed by atoms with Gasteiger partial charge in [-0.2, -0.15) is 10.1 Å². The summed E-state index contributed by atoms with van der Waals surface area (Å²) in [5.74, 6) is 0.962. The molecule has 0 saturated heterocycles. The maximum Gasteiger partial charge on any atom is 0.292 e. The number of ether oxygens (including phenoxy) is 1. The fraction of sp³-hybridized carbons (Fsp3) is 0.300. The molecule has 29 heavy (non-hydrogen) atoms. The third-order valence-electron chi connectivity index (χ3n) is 4.84. The first-order valence-corrected chi connectivity index (χ1v) is 9.32. The highest BCUT2D eigenvalue weighted by molar-refractivity contribution is 5.89. The summed E-state index contributed by atoms with van der Waals surface area (Å²) in [4.78, 5) is 17.8. The average Bonchev–Trinajstić information content (AvgIpc) is 3.44. The van der Waals surface area contributed by atoms with Crippen LogP contribution in [-0.2, 0) is 6.54 Å². The standard InChI is InChI=1S/C20H22N6O3/c1-21-20(27)19-23-18(29-24-19)13-25-9-7-14(8-10-25)15-11-22-26(12-15)16-3-5-17(28-2)6-4-16/h3-7,11-12H,8-10,13H2,1-2H3,(H,21,27). The molecule has 1 N–H and O–H groups in total. The molecule has 150 valence electrons. The van der Waals surface area contributed by atoms with Crippen molar-refractivity contribution in [2.24, 2.45) is 0 Å². The van der Waals surface area contributed by atoms with Gasteiger partial charge < -0.3 is 14.6 Å². The molecular weight excluding hydrogens is 372 g/mol. The molecule has 3 heterocycles. The van der Waals surface area contributed by atoms with Crippen molar-refractivity contribution in [3.05, 3.63) is 60.0 Å². The molecule has 1 aliphatic heterocycles. The van der Waals surface area contributed by atoms with E-state index in [-0.39, 0.29) is 11.7 Å². The third-order valence-corrected chi connectivity index (χ3v) is 4.84. The van der Waals surface area contributed by atoms with Crippen molar-refractivity contribution in [3.63, 3.8) is 0 Å². The van der Waals surface area contributed by atoms with Crippen molar-refractivity contribution in [2.75, 3.05) is 27.2 Å². The first kappa shape index (κ1) is 18.9. The van der Waals surface area contributed by atoms with Crippen LogP contribution in [-0.4, -0.2) is 58.0 Å². The molecule has 0 spiro atoms. The van der Waals surface area contributed by atoms with E-state index in [1.54, 1.807) is 7.11 Å². The van der Waals surface area contributed by atoms with Crippen LogP contribution >= 0.6 is 0 Å². The van der Waals surface area contributed by atoms with Gasteiger partial charge in [0.2, 0.25) is 5.89 Å². The molecule has 3 aromatic rings. The summed E-state index contributed by atoms with van der Waals surface area (Å²) < 4.78 is 12.2. The molecule has 0 fully saturated rings. The second kappa shape index (κ2) is 8.27. The van der Waals surface area contributed by atoms with Crippen molar-refractivity contribution in [1.29, 1.82) is 0 Å². The Morgan fingerprint density at radius 1 is 1.31 bits per heavy atom. The van der Waals surface area contributed by atoms with Crippen LogP contribution in [0.5, 0.6) is 5.75 Å². The lowest BCUT2D eigenvalue weighted by atomic mass is 10.0. The van der Waals surface area contributed by atoms with Gasteiger partial charge in [-0.3, -0.25) is 9.69 Å². The lowest BCUT2D eigenvalue weighted by molar-refractivity contribution is 0.0950. The summed E-state index contributed by atoms with van der Waals surface area (Å²) in [5.41, 5.74) is 3.36. The summed E-state index contributed by atoms with van der Waals surface area (Å²) in [6.45, 7) is 2.14. The molecule has 0 aliphatic carbocycles. The van der Waals surface area contributed by atoms with E-state index in [1.165, 1.54) is 12.6 Å². The molecule has 4 rings (SSSR count). The fourth-order valence-electron chi connectivity index (χ4n) is 3.20. The van der Waals surface area contributed by atoms with E-state index in [0.29, 0.717) is 12.4 Å². The number of carbonyl (C=O) groups excluding carboxylic acids is 1. The largest absolute Gasteiger partial charge is 0.497 e. The minimum atomic E-state index is -0.352. The second-order valence-corrected chi connectivity index (χ2v) is 6.68. The maximum atomic E-state index is 11.5. The zero-order valence-electron chi connectivity index (χ0n) is 16.3. The number of hydrogen-bond acceptors (Lipinski definition) is 7. The topological polar surface area (TPSA) is 98.3 Å². The molecule has 9 heteroatoms. The van der Waals surface area contributed by atoms with E-state index >= 15 is 0 Å². The van der Waals surface area contributed by atoms with Crippen LogP contribution in [0.1, 0.15) is 28.5 Å². The fourth-order valence-corrected chi connectivity index (χ4v) is 3.20. The first-order valence-electron chi connectivity index (χ1n) is 9.32. The minimum absolute atomic E-state index is 0.0571. The lowest BCUT2D eigenvalue weighted by Crippen LogP contribution is -2.28. The Bertz CT molecular complexity index is 1020. The predicted octanol–water partition coefficient (Wildman–Crippen LogP) is 1.91. The van der Waals surface area contributed by atoms with Crippen molar-refractivity contribution >= 4 is 11.5 Å². The van der Waals surface area contributed by atoms with Gasteiger partial charge in [-0.25, -0.2) is 4.68 Å². The number of rotatable bonds is 6. The van der Waals surface area contributed by atoms with Crippen LogP contribution in [0, 0.1) is 0 Å². The number of nitrogens with zero attached hydrogens (tertiary/aromatic N) is 5. The van der Waals surface area contributed by atoms with Crippen LogP contribution in [0.2, 0.25) is 0 Å². The summed E-state index contributed by atoms with van der Waals surface area (Å²) >= 11 is 0. The van der Waals surface area contributed by atoms with Crippen molar-refractivity contribution in [2.45, 2.75) is 13.0 Å². The zero-order chi connectivity index (χ0) is 20.2. The molecule has 1 aliphatic rings. The van der Waals surface area contributed by atoms with E-state index in [4.69, 9.17) is 9.26 Å². The second-order valence-electron chi connectivity index (χ2n) is 6.68. The highest BCUT2D eigenvalue weighted by atomic mass is 16.5. The summed E-state index contributed by atoms with van der Waals surface area (Å²) in [6.07, 6.45) is 7.01. The predicted molar refractivity (Wildman–Crippen MR) is 106 cm³/mol. The van der Waals surface area contributed by atoms with Crippen LogP contribution in [0.3, 0.4) is 0 Å². The van der Waals surface area contributed by atoms with Gasteiger partial charge in [-0.15, -0.1) is 0 Å². The summed E-state index contributed by atoms with van der Waals surface area (Å²) in [6, 6.07) is 7.79. The van der Waals surface area contributed by atoms with E-state index in [2.05, 4.69) is 31.5 Å². The average molecular weight is 394 g/mol. The quantitative estimate of drug-likeness (QED) is 0.682. The van der Waals surface area contributed by atoms with E-state index < -0.39 is 0 Å². The molecule has 0 atom stereocenters. The number of hydrogen-bond donors (Lipinski definition) is 1. The van der Waals surface area contributed by atoms with Gasteiger partial charge in [0.15, 0.2) is 0 Å². The minimum Gasteiger partial charge on any atom is -0.497 e. The van der Waals surface area contributed by atoms with E-state index in [9.17, 15) is 4.79 Å². The van der Waals surface area contributed by atoms with Gasteiger partial charge in [0.1, 0.15) is 5.75 Å². The van der Waals surface area contributed by atoms with Crippen LogP contribution in [0.4, 0.5) is 0 Å². The van der Waals surface area contributed by atoms with Crippen LogP contribution < -0.4 is 10.1 Å². The molecule has 1 amide bonds. The molecule has 1 aromatic carbocycles. The molecule has 0 unspecified atom stereocenters. The van der Waals surface area contributed by atoms with Gasteiger partial charge in [-0.05, 0) is 36.3 Å². The Morgan fingerprint density at radius 2 is 2.14 bits per heavy atom. The van der Waals surface area contributed by atoms with Gasteiger partial charge >= 0.3 is 0 Å². The van der Waals surface area contributed by atoms with Crippen LogP contribution in [0.15, 0.2) is 47.3 Å². The smallest absolute Gasteiger partial charge is 0.292 e. The molecule has 2 aromatic heterocycles. The Morgan fingerprint density at radius 3 is 2.83 bits per heavy atom. The number of benzene rings is 1. The number of methoxy groups -OCH3 is 1. The van der Waals surface area contributed by atoms with Gasteiger partial charge in [0.05, 0.1) is 25.5 Å². The number of amides is 1. The third kappa shape index (κ3) is 4.19. The van der Waals surface area contributed by atoms with E-state index in [0.717, 1.165) is 36.5 Å². The van der Waals surface area contributed by atoms with Crippen LogP contribution in [0.25, 0.3) is 11.3 Å². The Kier molecular flexibility index (Phi) is 5.39. The monoisotopic (exact) mass is 394 g/mol. The Balaban J connectivity index is 1.39. The molecular formula is C20H22N6O3. The number of aromatic nitrogens is 4. The summed E-state index contributed by atoms with van der Waals surface area (Å²) in [5, 5.41) is 10.7. The van der Waals surface area contributed by atoms with Gasteiger partial charge in [0.25, 0.3) is 11.7 Å². The molecule has 0 saturated carbocycles. The highest BCUT2D eigenvalue weighted by Gasteiger charge is 2.19. The Hall–Kier alpha value is -3.46. The molecule has 0 bridgehead atoms. The number of carbonyl (C=O) groups is 1. The SMILES string of the molecule is CNC(=O)c1noc(CN2CC=C(c3cnn(-c4ccc(OC)cc4)c3)CC2)n1. The molecule has 0 radical (unpaired) electrons. The maximum absolute atomic E-state index is 11.5. The summed E-state index contributed by atoms with van der Waals surface area (Å²) in [7, 11) is 3.19. The first-order chi connectivity index (χ1) is 14.2. The van der Waals surface area contributed by atoms with Gasteiger partial charge in [-0.1, -0.05) is 11.2 Å². The molecule has 9 nitrogen and oxygen atoms in total.